The Morgan fingerprint density at radius 1 is 1.46 bits per heavy atom. The van der Waals surface area contributed by atoms with Crippen LogP contribution in [-0.4, -0.2) is 51.6 Å². The first-order valence-electron chi connectivity index (χ1n) is 8.45. The maximum Gasteiger partial charge on any atom is 0.319 e. The Kier molecular flexibility index (Phi) is 5.67. The zero-order valence-electron chi connectivity index (χ0n) is 15.4. The van der Waals surface area contributed by atoms with Gasteiger partial charge in [-0.25, -0.2) is 9.97 Å². The van der Waals surface area contributed by atoms with Gasteiger partial charge in [0, 0.05) is 55.3 Å². The summed E-state index contributed by atoms with van der Waals surface area (Å²) in [6.45, 7) is 7.14. The molecule has 2 aromatic rings. The predicted octanol–water partition coefficient (Wildman–Crippen LogP) is 2.25. The fourth-order valence-corrected chi connectivity index (χ4v) is 3.86. The van der Waals surface area contributed by atoms with Gasteiger partial charge in [-0.2, -0.15) is 4.98 Å². The van der Waals surface area contributed by atoms with Crippen LogP contribution < -0.4 is 14.8 Å². The Bertz CT molecular complexity index is 782. The zero-order valence-corrected chi connectivity index (χ0v) is 16.2. The quantitative estimate of drug-likeness (QED) is 0.826. The number of thiazole rings is 1. The van der Waals surface area contributed by atoms with E-state index >= 15 is 0 Å². The summed E-state index contributed by atoms with van der Waals surface area (Å²) in [5.41, 5.74) is 0.810. The molecule has 2 aromatic heterocycles. The van der Waals surface area contributed by atoms with E-state index in [2.05, 4.69) is 32.1 Å². The first kappa shape index (κ1) is 18.5. The van der Waals surface area contributed by atoms with Crippen LogP contribution in [0.15, 0.2) is 12.3 Å². The lowest BCUT2D eigenvalue weighted by Crippen LogP contribution is -2.27. The monoisotopic (exact) mass is 377 g/mol. The third-order valence-electron chi connectivity index (χ3n) is 4.14. The first-order chi connectivity index (χ1) is 12.4. The number of ether oxygens (including phenoxy) is 2. The van der Waals surface area contributed by atoms with Crippen LogP contribution in [0.4, 0.5) is 5.13 Å². The Hall–Kier alpha value is -2.26. The second-order valence-corrected chi connectivity index (χ2v) is 7.52. The van der Waals surface area contributed by atoms with Crippen LogP contribution in [-0.2, 0) is 11.3 Å². The van der Waals surface area contributed by atoms with E-state index in [1.165, 1.54) is 18.3 Å². The number of nitrogens with zero attached hydrogens (tertiary/aromatic N) is 4. The third-order valence-corrected chi connectivity index (χ3v) is 5.04. The Balaban J connectivity index is 1.60. The predicted molar refractivity (Wildman–Crippen MR) is 98.6 cm³/mol. The van der Waals surface area contributed by atoms with Crippen molar-refractivity contribution in [2.75, 3.05) is 19.0 Å². The molecule has 0 saturated carbocycles. The Morgan fingerprint density at radius 3 is 3.00 bits per heavy atom. The van der Waals surface area contributed by atoms with Crippen LogP contribution in [0.5, 0.6) is 11.9 Å². The van der Waals surface area contributed by atoms with Gasteiger partial charge in [0.2, 0.25) is 11.8 Å². The molecule has 8 nitrogen and oxygen atoms in total. The van der Waals surface area contributed by atoms with Gasteiger partial charge in [0.1, 0.15) is 6.10 Å². The number of hydrogen-bond donors (Lipinski definition) is 1. The summed E-state index contributed by atoms with van der Waals surface area (Å²) in [7, 11) is 1.54. The summed E-state index contributed by atoms with van der Waals surface area (Å²) in [6, 6.07) is 2.52. The molecule has 1 aliphatic rings. The number of aromatic nitrogens is 3. The van der Waals surface area contributed by atoms with Crippen molar-refractivity contribution in [3.05, 3.63) is 22.8 Å². The van der Waals surface area contributed by atoms with Crippen LogP contribution in [0.2, 0.25) is 0 Å². The summed E-state index contributed by atoms with van der Waals surface area (Å²) in [4.78, 5) is 27.2. The third kappa shape index (κ3) is 4.67. The number of nitrogens with one attached hydrogen (secondary N) is 1. The van der Waals surface area contributed by atoms with E-state index in [9.17, 15) is 4.79 Å². The summed E-state index contributed by atoms with van der Waals surface area (Å²) in [5, 5.41) is 3.35. The fourth-order valence-electron chi connectivity index (χ4n) is 2.98. The maximum absolute atomic E-state index is 11.1. The molecule has 1 aliphatic heterocycles. The van der Waals surface area contributed by atoms with Gasteiger partial charge in [0.05, 0.1) is 7.11 Å². The second-order valence-electron chi connectivity index (χ2n) is 6.40. The van der Waals surface area contributed by atoms with Crippen molar-refractivity contribution in [3.8, 4) is 11.9 Å². The molecule has 0 aromatic carbocycles. The lowest BCUT2D eigenvalue weighted by Gasteiger charge is -2.19. The van der Waals surface area contributed by atoms with E-state index in [0.717, 1.165) is 30.1 Å². The number of rotatable bonds is 6. The molecule has 0 radical (unpaired) electrons. The topological polar surface area (TPSA) is 89.5 Å². The zero-order chi connectivity index (χ0) is 18.7. The van der Waals surface area contributed by atoms with Crippen LogP contribution in [0.1, 0.15) is 30.8 Å². The molecule has 3 rings (SSSR count). The lowest BCUT2D eigenvalue weighted by atomic mass is 10.2. The molecule has 1 saturated heterocycles. The molecule has 0 unspecified atom stereocenters. The molecule has 1 amide bonds. The summed E-state index contributed by atoms with van der Waals surface area (Å²) < 4.78 is 11.2. The number of likely N-dealkylation sites (tertiary alicyclic amines) is 1. The van der Waals surface area contributed by atoms with E-state index in [0.29, 0.717) is 23.1 Å². The van der Waals surface area contributed by atoms with Crippen molar-refractivity contribution >= 4 is 22.4 Å². The van der Waals surface area contributed by atoms with Crippen LogP contribution in [0.25, 0.3) is 0 Å². The average Bonchev–Trinajstić information content (AvgIpc) is 3.13. The largest absolute Gasteiger partial charge is 0.473 e. The van der Waals surface area contributed by atoms with Crippen LogP contribution >= 0.6 is 11.3 Å². The minimum atomic E-state index is -0.107. The summed E-state index contributed by atoms with van der Waals surface area (Å²) in [5.74, 6) is 0.434. The Labute approximate surface area is 156 Å². The number of anilines is 1. The van der Waals surface area contributed by atoms with Crippen molar-refractivity contribution in [3.63, 3.8) is 0 Å². The van der Waals surface area contributed by atoms with Gasteiger partial charge < -0.3 is 14.8 Å². The molecule has 140 valence electrons. The number of amides is 1. The normalized spacial score (nSPS) is 20.2. The van der Waals surface area contributed by atoms with Crippen LogP contribution in [0, 0.1) is 6.92 Å². The van der Waals surface area contributed by atoms with Gasteiger partial charge in [-0.15, -0.1) is 11.3 Å². The van der Waals surface area contributed by atoms with E-state index in [1.807, 2.05) is 19.2 Å². The molecule has 1 N–H and O–H groups in total. The molecule has 26 heavy (non-hydrogen) atoms. The van der Waals surface area contributed by atoms with Gasteiger partial charge in [-0.3, -0.25) is 9.69 Å². The van der Waals surface area contributed by atoms with Crippen LogP contribution in [0.3, 0.4) is 0 Å². The molecule has 3 heterocycles. The highest BCUT2D eigenvalue weighted by Crippen LogP contribution is 2.27. The minimum absolute atomic E-state index is 0.0618. The van der Waals surface area contributed by atoms with Crippen molar-refractivity contribution in [1.29, 1.82) is 0 Å². The average molecular weight is 377 g/mol. The highest BCUT2D eigenvalue weighted by molar-refractivity contribution is 7.15. The smallest absolute Gasteiger partial charge is 0.319 e. The molecular weight excluding hydrogens is 354 g/mol. The Morgan fingerprint density at radius 2 is 2.27 bits per heavy atom. The van der Waals surface area contributed by atoms with Crippen molar-refractivity contribution < 1.29 is 14.3 Å². The fraction of sp³-hybridized carbons (Fsp3) is 0.529. The molecule has 0 bridgehead atoms. The van der Waals surface area contributed by atoms with E-state index in [-0.39, 0.29) is 12.0 Å². The van der Waals surface area contributed by atoms with E-state index in [4.69, 9.17) is 9.47 Å². The van der Waals surface area contributed by atoms with E-state index < -0.39 is 0 Å². The standard InChI is InChI=1S/C17H23N5O3S/c1-10-5-15(21-16(19-10)24-4)25-13-6-11(2)22(8-13)9-14-7-18-17(26-14)20-12(3)23/h5,7,11,13H,6,8-9H2,1-4H3,(H,18,20,23)/t11-,13+/m0/s1. The van der Waals surface area contributed by atoms with Gasteiger partial charge in [-0.1, -0.05) is 0 Å². The summed E-state index contributed by atoms with van der Waals surface area (Å²) >= 11 is 1.50. The van der Waals surface area contributed by atoms with Crippen molar-refractivity contribution in [1.82, 2.24) is 19.9 Å². The highest BCUT2D eigenvalue weighted by Gasteiger charge is 2.31. The van der Waals surface area contributed by atoms with Gasteiger partial charge in [-0.05, 0) is 13.8 Å². The summed E-state index contributed by atoms with van der Waals surface area (Å²) in [6.07, 6.45) is 2.80. The van der Waals surface area contributed by atoms with E-state index in [1.54, 1.807) is 7.11 Å². The minimum Gasteiger partial charge on any atom is -0.473 e. The lowest BCUT2D eigenvalue weighted by molar-refractivity contribution is -0.114. The molecular formula is C17H23N5O3S. The SMILES string of the molecule is COc1nc(C)cc(O[C@@H]2C[C@H](C)N(Cc3cnc(NC(C)=O)s3)C2)n1. The molecule has 1 fully saturated rings. The molecule has 9 heteroatoms. The van der Waals surface area contributed by atoms with Crippen molar-refractivity contribution in [2.45, 2.75) is 45.9 Å². The van der Waals surface area contributed by atoms with Gasteiger partial charge in [0.25, 0.3) is 0 Å². The van der Waals surface area contributed by atoms with Gasteiger partial charge in [0.15, 0.2) is 5.13 Å². The number of hydrogen-bond acceptors (Lipinski definition) is 8. The number of aryl methyl sites for hydroxylation is 1. The number of carbonyl (C=O) groups is 1. The highest BCUT2D eigenvalue weighted by atomic mass is 32.1. The molecule has 0 aliphatic carbocycles. The molecule has 2 atom stereocenters. The van der Waals surface area contributed by atoms with Gasteiger partial charge >= 0.3 is 6.01 Å². The molecule has 0 spiro atoms. The van der Waals surface area contributed by atoms with Crippen molar-refractivity contribution in [2.24, 2.45) is 0 Å². The maximum atomic E-state index is 11.1. The first-order valence-corrected chi connectivity index (χ1v) is 9.27. The second kappa shape index (κ2) is 7.96. The number of carbonyl (C=O) groups excluding carboxylic acids is 1. The number of methoxy groups -OCH3 is 1.